The molecule has 6 rings (SSSR count). The first kappa shape index (κ1) is 18.3. The molecule has 0 unspecified atom stereocenters. The van der Waals surface area contributed by atoms with Crippen LogP contribution in [0.2, 0.25) is 5.02 Å². The third-order valence-electron chi connectivity index (χ3n) is 6.58. The van der Waals surface area contributed by atoms with Crippen LogP contribution in [0, 0.1) is 5.82 Å². The van der Waals surface area contributed by atoms with Gasteiger partial charge in [-0.05, 0) is 42.7 Å². The molecule has 0 bridgehead atoms. The molecule has 2 fully saturated rings. The van der Waals surface area contributed by atoms with Crippen molar-refractivity contribution in [2.75, 3.05) is 18.1 Å². The summed E-state index contributed by atoms with van der Waals surface area (Å²) in [5.74, 6) is -0.309. The van der Waals surface area contributed by atoms with E-state index in [-0.39, 0.29) is 5.91 Å². The van der Waals surface area contributed by atoms with Gasteiger partial charge in [0.15, 0.2) is 0 Å². The highest BCUT2D eigenvalue weighted by atomic mass is 35.5. The highest BCUT2D eigenvalue weighted by Gasteiger charge is 2.59. The summed E-state index contributed by atoms with van der Waals surface area (Å²) in [7, 11) is 0. The van der Waals surface area contributed by atoms with Gasteiger partial charge in [0.1, 0.15) is 5.82 Å². The average molecular weight is 427 g/mol. The maximum atomic E-state index is 14.9. The van der Waals surface area contributed by atoms with E-state index in [0.717, 1.165) is 29.8 Å². The molecule has 154 valence electrons. The number of nitrogens with two attached hydrogens (primary N) is 1. The second kappa shape index (κ2) is 6.03. The summed E-state index contributed by atoms with van der Waals surface area (Å²) in [5, 5.41) is 1.03. The molecule has 0 radical (unpaired) electrons. The number of anilines is 1. The summed E-state index contributed by atoms with van der Waals surface area (Å²) in [4.78, 5) is 19.3. The molecule has 1 spiro atoms. The maximum Gasteiger partial charge on any atom is 0.238 e. The largest absolute Gasteiger partial charge is 0.377 e. The van der Waals surface area contributed by atoms with Gasteiger partial charge in [-0.2, -0.15) is 0 Å². The number of fused-ring (bicyclic) bond motifs is 3. The lowest BCUT2D eigenvalue weighted by molar-refractivity contribution is -0.120. The summed E-state index contributed by atoms with van der Waals surface area (Å²) >= 11 is 6.10. The Morgan fingerprint density at radius 1 is 1.27 bits per heavy atom. The molecule has 1 amide bonds. The first-order valence-electron chi connectivity index (χ1n) is 10.0. The van der Waals surface area contributed by atoms with Crippen LogP contribution in [0.4, 0.5) is 10.1 Å². The van der Waals surface area contributed by atoms with E-state index in [4.69, 9.17) is 22.1 Å². The highest BCUT2D eigenvalue weighted by Crippen LogP contribution is 2.57. The number of ether oxygens (including phenoxy) is 1. The third-order valence-corrected chi connectivity index (χ3v) is 6.80. The molecule has 1 aliphatic carbocycles. The van der Waals surface area contributed by atoms with Gasteiger partial charge < -0.3 is 19.9 Å². The number of hydrogen-bond acceptors (Lipinski definition) is 4. The highest BCUT2D eigenvalue weighted by molar-refractivity contribution is 6.31. The molecule has 1 saturated heterocycles. The molecule has 2 aromatic heterocycles. The lowest BCUT2D eigenvalue weighted by Gasteiger charge is -2.38. The van der Waals surface area contributed by atoms with E-state index in [0.29, 0.717) is 42.2 Å². The molecule has 1 aromatic carbocycles. The molecule has 3 aromatic rings. The van der Waals surface area contributed by atoms with Gasteiger partial charge in [0.25, 0.3) is 0 Å². The van der Waals surface area contributed by atoms with Gasteiger partial charge in [0.05, 0.1) is 48.1 Å². The average Bonchev–Trinajstić information content (AvgIpc) is 3.38. The number of aromatic nitrogens is 2. The van der Waals surface area contributed by atoms with Crippen LogP contribution >= 0.6 is 11.6 Å². The van der Waals surface area contributed by atoms with Crippen LogP contribution in [0.15, 0.2) is 36.7 Å². The molecular weight excluding hydrogens is 407 g/mol. The number of amides is 1. The maximum absolute atomic E-state index is 14.9. The SMILES string of the molecule is NC1(Cn2c(CN3C(=O)C4(CC4)c4ccncc43)cc3cc(Cl)cc(F)c32)COC1. The summed E-state index contributed by atoms with van der Waals surface area (Å²) in [5.41, 5.74) is 8.60. The van der Waals surface area contributed by atoms with E-state index < -0.39 is 16.8 Å². The molecule has 2 aliphatic heterocycles. The smallest absolute Gasteiger partial charge is 0.238 e. The Balaban J connectivity index is 1.47. The van der Waals surface area contributed by atoms with E-state index >= 15 is 0 Å². The third kappa shape index (κ3) is 2.49. The Bertz CT molecular complexity index is 1220. The van der Waals surface area contributed by atoms with Crippen molar-refractivity contribution in [2.45, 2.75) is 36.9 Å². The predicted octanol–water partition coefficient (Wildman–Crippen LogP) is 3.13. The fraction of sp³-hybridized carbons (Fsp3) is 0.364. The van der Waals surface area contributed by atoms with Gasteiger partial charge in [-0.15, -0.1) is 0 Å². The van der Waals surface area contributed by atoms with Gasteiger partial charge >= 0.3 is 0 Å². The lowest BCUT2D eigenvalue weighted by atomic mass is 9.99. The first-order chi connectivity index (χ1) is 14.4. The van der Waals surface area contributed by atoms with E-state index in [9.17, 15) is 9.18 Å². The molecule has 4 heterocycles. The number of carbonyl (C=O) groups excluding carboxylic acids is 1. The summed E-state index contributed by atoms with van der Waals surface area (Å²) in [6.45, 7) is 1.55. The minimum absolute atomic E-state index is 0.0928. The lowest BCUT2D eigenvalue weighted by Crippen LogP contribution is -2.60. The normalized spacial score (nSPS) is 20.6. The number of nitrogens with zero attached hydrogens (tertiary/aromatic N) is 3. The van der Waals surface area contributed by atoms with Crippen molar-refractivity contribution < 1.29 is 13.9 Å². The molecule has 8 heteroatoms. The molecule has 6 nitrogen and oxygen atoms in total. The molecule has 0 atom stereocenters. The Labute approximate surface area is 177 Å². The molecular formula is C22H20ClFN4O2. The van der Waals surface area contributed by atoms with Crippen molar-refractivity contribution in [1.82, 2.24) is 9.55 Å². The fourth-order valence-electron chi connectivity index (χ4n) is 4.88. The van der Waals surface area contributed by atoms with Crippen molar-refractivity contribution >= 4 is 34.1 Å². The zero-order chi connectivity index (χ0) is 20.7. The topological polar surface area (TPSA) is 73.4 Å². The number of halogens is 2. The van der Waals surface area contributed by atoms with Crippen LogP contribution in [0.3, 0.4) is 0 Å². The van der Waals surface area contributed by atoms with Crippen molar-refractivity contribution in [2.24, 2.45) is 5.73 Å². The van der Waals surface area contributed by atoms with Gasteiger partial charge in [0.2, 0.25) is 5.91 Å². The van der Waals surface area contributed by atoms with Crippen LogP contribution in [0.5, 0.6) is 0 Å². The summed E-state index contributed by atoms with van der Waals surface area (Å²) in [6.07, 6.45) is 5.19. The Kier molecular flexibility index (Phi) is 3.68. The Morgan fingerprint density at radius 3 is 2.77 bits per heavy atom. The summed E-state index contributed by atoms with van der Waals surface area (Å²) in [6, 6.07) is 6.89. The second-order valence-corrected chi connectivity index (χ2v) is 9.21. The second-order valence-electron chi connectivity index (χ2n) is 8.77. The molecule has 1 saturated carbocycles. The van der Waals surface area contributed by atoms with Gasteiger partial charge in [-0.25, -0.2) is 4.39 Å². The van der Waals surface area contributed by atoms with E-state index in [1.807, 2.05) is 16.7 Å². The minimum atomic E-state index is -0.557. The number of carbonyl (C=O) groups is 1. The van der Waals surface area contributed by atoms with Gasteiger partial charge in [-0.3, -0.25) is 9.78 Å². The predicted molar refractivity (Wildman–Crippen MR) is 111 cm³/mol. The fourth-order valence-corrected chi connectivity index (χ4v) is 5.09. The quantitative estimate of drug-likeness (QED) is 0.695. The molecule has 2 N–H and O–H groups in total. The van der Waals surface area contributed by atoms with Crippen LogP contribution in [-0.2, 0) is 28.0 Å². The first-order valence-corrected chi connectivity index (χ1v) is 10.4. The number of benzene rings is 1. The molecule has 3 aliphatic rings. The monoisotopic (exact) mass is 426 g/mol. The number of hydrogen-bond donors (Lipinski definition) is 1. The van der Waals surface area contributed by atoms with Crippen LogP contribution in [-0.4, -0.2) is 34.2 Å². The van der Waals surface area contributed by atoms with Crippen molar-refractivity contribution in [1.29, 1.82) is 0 Å². The van der Waals surface area contributed by atoms with Crippen LogP contribution < -0.4 is 10.6 Å². The van der Waals surface area contributed by atoms with Crippen LogP contribution in [0.1, 0.15) is 24.1 Å². The van der Waals surface area contributed by atoms with E-state index in [2.05, 4.69) is 4.98 Å². The zero-order valence-electron chi connectivity index (χ0n) is 16.2. The zero-order valence-corrected chi connectivity index (χ0v) is 17.0. The standard InChI is InChI=1S/C22H20ClFN4O2/c23-14-5-13-6-15(28(19(13)17(24)7-14)10-21(25)11-30-12-21)9-27-18-8-26-4-1-16(18)22(2-3-22)20(27)29/h1,4-8H,2-3,9-12,25H2. The van der Waals surface area contributed by atoms with Crippen molar-refractivity contribution in [3.05, 3.63) is 58.8 Å². The molecule has 30 heavy (non-hydrogen) atoms. The van der Waals surface area contributed by atoms with Crippen molar-refractivity contribution in [3.8, 4) is 0 Å². The Morgan fingerprint density at radius 2 is 2.07 bits per heavy atom. The Hall–Kier alpha value is -2.48. The summed E-state index contributed by atoms with van der Waals surface area (Å²) < 4.78 is 22.1. The van der Waals surface area contributed by atoms with Gasteiger partial charge in [0, 0.05) is 28.8 Å². The van der Waals surface area contributed by atoms with E-state index in [1.165, 1.54) is 6.07 Å². The van der Waals surface area contributed by atoms with Crippen LogP contribution in [0.25, 0.3) is 10.9 Å². The number of pyridine rings is 1. The van der Waals surface area contributed by atoms with Gasteiger partial charge in [-0.1, -0.05) is 11.6 Å². The number of rotatable bonds is 4. The van der Waals surface area contributed by atoms with E-state index in [1.54, 1.807) is 23.4 Å². The minimum Gasteiger partial charge on any atom is -0.377 e. The van der Waals surface area contributed by atoms with Crippen molar-refractivity contribution in [3.63, 3.8) is 0 Å².